The Hall–Kier alpha value is -1.07. The number of ether oxygens (including phenoxy) is 1. The summed E-state index contributed by atoms with van der Waals surface area (Å²) >= 11 is 0. The Balaban J connectivity index is 2.03. The SMILES string of the molecule is CNS(=O)(=O)c1ccc(OCC2CC2)cc1. The molecule has 2 rings (SSSR count). The number of sulfonamides is 1. The molecule has 0 unspecified atom stereocenters. The van der Waals surface area contributed by atoms with Gasteiger partial charge in [-0.05, 0) is 50.1 Å². The van der Waals surface area contributed by atoms with Crippen molar-refractivity contribution in [3.05, 3.63) is 24.3 Å². The predicted octanol–water partition coefficient (Wildman–Crippen LogP) is 1.38. The average Bonchev–Trinajstić information content (AvgIpc) is 3.11. The van der Waals surface area contributed by atoms with Gasteiger partial charge >= 0.3 is 0 Å². The highest BCUT2D eigenvalue weighted by Crippen LogP contribution is 2.29. The van der Waals surface area contributed by atoms with Crippen molar-refractivity contribution < 1.29 is 13.2 Å². The molecular weight excluding hydrogens is 226 g/mol. The molecule has 0 spiro atoms. The monoisotopic (exact) mass is 241 g/mol. The first kappa shape index (κ1) is 11.4. The minimum atomic E-state index is -3.34. The van der Waals surface area contributed by atoms with Gasteiger partial charge in [0.25, 0.3) is 0 Å². The molecule has 88 valence electrons. The van der Waals surface area contributed by atoms with E-state index in [1.165, 1.54) is 19.9 Å². The minimum absolute atomic E-state index is 0.258. The summed E-state index contributed by atoms with van der Waals surface area (Å²) in [5.74, 6) is 1.42. The van der Waals surface area contributed by atoms with E-state index in [1.807, 2.05) is 0 Å². The molecule has 1 aliphatic carbocycles. The zero-order valence-corrected chi connectivity index (χ0v) is 9.96. The van der Waals surface area contributed by atoms with Crippen LogP contribution in [-0.2, 0) is 10.0 Å². The molecule has 1 aromatic rings. The fourth-order valence-corrected chi connectivity index (χ4v) is 2.06. The molecule has 0 aliphatic heterocycles. The Morgan fingerprint density at radius 1 is 1.31 bits per heavy atom. The molecule has 0 aromatic heterocycles. The van der Waals surface area contributed by atoms with Crippen molar-refractivity contribution in [1.82, 2.24) is 4.72 Å². The maximum atomic E-state index is 11.4. The first-order valence-corrected chi connectivity index (χ1v) is 6.76. The van der Waals surface area contributed by atoms with Crippen LogP contribution in [0.5, 0.6) is 5.75 Å². The summed E-state index contributed by atoms with van der Waals surface area (Å²) < 4.78 is 30.7. The zero-order chi connectivity index (χ0) is 11.6. The van der Waals surface area contributed by atoms with Gasteiger partial charge < -0.3 is 4.74 Å². The minimum Gasteiger partial charge on any atom is -0.493 e. The topological polar surface area (TPSA) is 55.4 Å². The lowest BCUT2D eigenvalue weighted by atomic mass is 10.3. The number of hydrogen-bond acceptors (Lipinski definition) is 3. The number of benzene rings is 1. The van der Waals surface area contributed by atoms with E-state index in [4.69, 9.17) is 4.74 Å². The third kappa shape index (κ3) is 2.74. The maximum Gasteiger partial charge on any atom is 0.240 e. The molecule has 0 heterocycles. The summed E-state index contributed by atoms with van der Waals surface area (Å²) in [6.07, 6.45) is 2.48. The smallest absolute Gasteiger partial charge is 0.240 e. The van der Waals surface area contributed by atoms with Crippen molar-refractivity contribution in [2.45, 2.75) is 17.7 Å². The molecule has 1 saturated carbocycles. The van der Waals surface area contributed by atoms with E-state index >= 15 is 0 Å². The number of nitrogens with one attached hydrogen (secondary N) is 1. The molecular formula is C11H15NO3S. The van der Waals surface area contributed by atoms with Gasteiger partial charge in [-0.3, -0.25) is 0 Å². The van der Waals surface area contributed by atoms with Crippen LogP contribution in [0, 0.1) is 5.92 Å². The van der Waals surface area contributed by atoms with Gasteiger partial charge in [-0.1, -0.05) is 0 Å². The quantitative estimate of drug-likeness (QED) is 0.847. The Morgan fingerprint density at radius 3 is 2.44 bits per heavy atom. The summed E-state index contributed by atoms with van der Waals surface area (Å²) in [4.78, 5) is 0.258. The summed E-state index contributed by atoms with van der Waals surface area (Å²) in [5.41, 5.74) is 0. The normalized spacial score (nSPS) is 16.1. The number of hydrogen-bond donors (Lipinski definition) is 1. The van der Waals surface area contributed by atoms with Crippen molar-refractivity contribution >= 4 is 10.0 Å². The lowest BCUT2D eigenvalue weighted by molar-refractivity contribution is 0.299. The zero-order valence-electron chi connectivity index (χ0n) is 9.14. The fraction of sp³-hybridized carbons (Fsp3) is 0.455. The van der Waals surface area contributed by atoms with Gasteiger partial charge in [-0.25, -0.2) is 13.1 Å². The Labute approximate surface area is 95.7 Å². The highest BCUT2D eigenvalue weighted by Gasteiger charge is 2.21. The van der Waals surface area contributed by atoms with Crippen LogP contribution in [0.15, 0.2) is 29.2 Å². The average molecular weight is 241 g/mol. The van der Waals surface area contributed by atoms with E-state index < -0.39 is 10.0 Å². The Morgan fingerprint density at radius 2 is 1.94 bits per heavy atom. The van der Waals surface area contributed by atoms with Crippen LogP contribution in [0.4, 0.5) is 0 Å². The second-order valence-electron chi connectivity index (χ2n) is 3.93. The molecule has 1 fully saturated rings. The molecule has 1 N–H and O–H groups in total. The molecule has 1 aliphatic rings. The summed E-state index contributed by atoms with van der Waals surface area (Å²) in [7, 11) is -1.94. The molecule has 5 heteroatoms. The van der Waals surface area contributed by atoms with Crippen molar-refractivity contribution in [1.29, 1.82) is 0 Å². The second kappa shape index (κ2) is 4.43. The lowest BCUT2D eigenvalue weighted by Crippen LogP contribution is -2.18. The molecule has 16 heavy (non-hydrogen) atoms. The molecule has 0 amide bonds. The van der Waals surface area contributed by atoms with E-state index in [9.17, 15) is 8.42 Å². The third-order valence-electron chi connectivity index (χ3n) is 2.59. The largest absolute Gasteiger partial charge is 0.493 e. The predicted molar refractivity (Wildman–Crippen MR) is 60.9 cm³/mol. The standard InChI is InChI=1S/C11H15NO3S/c1-12-16(13,14)11-6-4-10(5-7-11)15-8-9-2-3-9/h4-7,9,12H,2-3,8H2,1H3. The molecule has 0 atom stereocenters. The van der Waals surface area contributed by atoms with Gasteiger partial charge in [0.15, 0.2) is 0 Å². The highest BCUT2D eigenvalue weighted by molar-refractivity contribution is 7.89. The van der Waals surface area contributed by atoms with Gasteiger partial charge in [-0.2, -0.15) is 0 Å². The first-order valence-electron chi connectivity index (χ1n) is 5.28. The van der Waals surface area contributed by atoms with Crippen LogP contribution < -0.4 is 9.46 Å². The van der Waals surface area contributed by atoms with Gasteiger partial charge in [0.05, 0.1) is 11.5 Å². The summed E-state index contributed by atoms with van der Waals surface area (Å²) in [6.45, 7) is 0.734. The Bertz CT molecular complexity index is 449. The fourth-order valence-electron chi connectivity index (χ4n) is 1.33. The van der Waals surface area contributed by atoms with Crippen LogP contribution in [0.2, 0.25) is 0 Å². The van der Waals surface area contributed by atoms with Crippen LogP contribution in [0.25, 0.3) is 0 Å². The molecule has 0 bridgehead atoms. The lowest BCUT2D eigenvalue weighted by Gasteiger charge is -2.06. The third-order valence-corrected chi connectivity index (χ3v) is 4.02. The van der Waals surface area contributed by atoms with E-state index in [0.717, 1.165) is 12.4 Å². The molecule has 1 aromatic carbocycles. The summed E-state index contributed by atoms with van der Waals surface area (Å²) in [6, 6.07) is 6.47. The first-order chi connectivity index (χ1) is 7.62. The van der Waals surface area contributed by atoms with Gasteiger partial charge in [0.1, 0.15) is 5.75 Å². The molecule has 4 nitrogen and oxygen atoms in total. The van der Waals surface area contributed by atoms with Crippen molar-refractivity contribution in [2.75, 3.05) is 13.7 Å². The molecule has 0 radical (unpaired) electrons. The highest BCUT2D eigenvalue weighted by atomic mass is 32.2. The van der Waals surface area contributed by atoms with Crippen LogP contribution in [0.1, 0.15) is 12.8 Å². The van der Waals surface area contributed by atoms with Crippen LogP contribution in [0.3, 0.4) is 0 Å². The Kier molecular flexibility index (Phi) is 3.16. The van der Waals surface area contributed by atoms with E-state index in [1.54, 1.807) is 24.3 Å². The maximum absolute atomic E-state index is 11.4. The van der Waals surface area contributed by atoms with Crippen molar-refractivity contribution in [3.63, 3.8) is 0 Å². The van der Waals surface area contributed by atoms with Crippen molar-refractivity contribution in [3.8, 4) is 5.75 Å². The van der Waals surface area contributed by atoms with Crippen LogP contribution in [-0.4, -0.2) is 22.1 Å². The van der Waals surface area contributed by atoms with Gasteiger partial charge in [-0.15, -0.1) is 0 Å². The van der Waals surface area contributed by atoms with Crippen LogP contribution >= 0.6 is 0 Å². The van der Waals surface area contributed by atoms with Gasteiger partial charge in [0.2, 0.25) is 10.0 Å². The van der Waals surface area contributed by atoms with Gasteiger partial charge in [0, 0.05) is 0 Å². The summed E-state index contributed by atoms with van der Waals surface area (Å²) in [5, 5.41) is 0. The van der Waals surface area contributed by atoms with E-state index in [0.29, 0.717) is 5.92 Å². The van der Waals surface area contributed by atoms with E-state index in [2.05, 4.69) is 4.72 Å². The molecule has 0 saturated heterocycles. The second-order valence-corrected chi connectivity index (χ2v) is 5.82. The number of rotatable bonds is 5. The van der Waals surface area contributed by atoms with E-state index in [-0.39, 0.29) is 4.90 Å². The van der Waals surface area contributed by atoms with Crippen molar-refractivity contribution in [2.24, 2.45) is 5.92 Å².